The van der Waals surface area contributed by atoms with Gasteiger partial charge in [0, 0.05) is 6.26 Å². The molecule has 4 rings (SSSR count). The number of rotatable bonds is 2. The van der Waals surface area contributed by atoms with E-state index in [9.17, 15) is 0 Å². The van der Waals surface area contributed by atoms with E-state index in [4.69, 9.17) is 5.73 Å². The summed E-state index contributed by atoms with van der Waals surface area (Å²) in [4.78, 5) is 0. The number of nitrogens with one attached hydrogen (secondary N) is 1. The molecular formula is C21H30N2S. The van der Waals surface area contributed by atoms with Crippen LogP contribution in [0, 0.1) is 17.3 Å². The lowest BCUT2D eigenvalue weighted by atomic mass is 9.55. The molecule has 0 aromatic heterocycles. The number of benzene rings is 1. The van der Waals surface area contributed by atoms with Crippen LogP contribution in [0.1, 0.15) is 63.0 Å². The first-order valence-electron chi connectivity index (χ1n) is 9.45. The van der Waals surface area contributed by atoms with Crippen LogP contribution in [-0.2, 0) is 6.42 Å². The largest absolute Gasteiger partial charge is 0.397 e. The Morgan fingerprint density at radius 1 is 1.25 bits per heavy atom. The molecule has 3 aliphatic rings. The van der Waals surface area contributed by atoms with Crippen molar-refractivity contribution in [1.29, 1.82) is 0 Å². The van der Waals surface area contributed by atoms with E-state index in [0.29, 0.717) is 5.41 Å². The molecule has 130 valence electrons. The maximum atomic E-state index is 6.26. The van der Waals surface area contributed by atoms with E-state index in [2.05, 4.69) is 43.0 Å². The third-order valence-corrected chi connectivity index (χ3v) is 7.73. The molecule has 3 aliphatic carbocycles. The van der Waals surface area contributed by atoms with Gasteiger partial charge in [0.05, 0.1) is 11.4 Å². The van der Waals surface area contributed by atoms with Crippen molar-refractivity contribution in [3.05, 3.63) is 34.9 Å². The molecule has 0 radical (unpaired) electrons. The Morgan fingerprint density at radius 2 is 2.08 bits per heavy atom. The van der Waals surface area contributed by atoms with Crippen LogP contribution in [-0.4, -0.2) is 6.26 Å². The zero-order chi connectivity index (χ0) is 16.9. The molecular weight excluding hydrogens is 312 g/mol. The van der Waals surface area contributed by atoms with Crippen LogP contribution >= 0.6 is 11.9 Å². The Bertz CT molecular complexity index is 681. The minimum absolute atomic E-state index is 0.474. The van der Waals surface area contributed by atoms with Gasteiger partial charge in [0.1, 0.15) is 0 Å². The van der Waals surface area contributed by atoms with E-state index in [1.807, 2.05) is 0 Å². The van der Waals surface area contributed by atoms with Gasteiger partial charge >= 0.3 is 0 Å². The Kier molecular flexibility index (Phi) is 4.11. The van der Waals surface area contributed by atoms with Gasteiger partial charge in [-0.2, -0.15) is 0 Å². The van der Waals surface area contributed by atoms with E-state index in [0.717, 1.165) is 29.1 Å². The summed E-state index contributed by atoms with van der Waals surface area (Å²) in [5.74, 6) is 2.48. The van der Waals surface area contributed by atoms with Crippen molar-refractivity contribution in [3.63, 3.8) is 0 Å². The highest BCUT2D eigenvalue weighted by molar-refractivity contribution is 7.99. The fourth-order valence-corrected chi connectivity index (χ4v) is 6.56. The van der Waals surface area contributed by atoms with Crippen LogP contribution in [0.3, 0.4) is 0 Å². The van der Waals surface area contributed by atoms with Gasteiger partial charge < -0.3 is 10.5 Å². The minimum Gasteiger partial charge on any atom is -0.397 e. The smallest absolute Gasteiger partial charge is 0.0675 e. The molecule has 3 N–H and O–H groups in total. The average Bonchev–Trinajstić information content (AvgIpc) is 2.92. The second kappa shape index (κ2) is 6.01. The van der Waals surface area contributed by atoms with Crippen molar-refractivity contribution < 1.29 is 0 Å². The molecule has 0 spiro atoms. The topological polar surface area (TPSA) is 38.0 Å². The summed E-state index contributed by atoms with van der Waals surface area (Å²) in [6, 6.07) is 4.61. The van der Waals surface area contributed by atoms with Crippen molar-refractivity contribution in [2.45, 2.75) is 58.3 Å². The zero-order valence-corrected chi connectivity index (χ0v) is 16.0. The monoisotopic (exact) mass is 342 g/mol. The van der Waals surface area contributed by atoms with Gasteiger partial charge in [-0.05, 0) is 91.9 Å². The molecule has 1 aromatic carbocycles. The van der Waals surface area contributed by atoms with E-state index in [1.165, 1.54) is 44.1 Å². The molecule has 2 fully saturated rings. The van der Waals surface area contributed by atoms with Gasteiger partial charge in [-0.15, -0.1) is 0 Å². The highest BCUT2D eigenvalue weighted by atomic mass is 32.2. The molecule has 1 aromatic rings. The van der Waals surface area contributed by atoms with Crippen LogP contribution in [0.5, 0.6) is 0 Å². The van der Waals surface area contributed by atoms with Gasteiger partial charge in [-0.3, -0.25) is 0 Å². The number of nitrogens with two attached hydrogens (primary N) is 1. The first-order valence-corrected chi connectivity index (χ1v) is 10.7. The molecule has 0 amide bonds. The summed E-state index contributed by atoms with van der Waals surface area (Å²) >= 11 is 1.63. The second-order valence-electron chi connectivity index (χ2n) is 8.17. The molecule has 3 heteroatoms. The predicted molar refractivity (Wildman–Crippen MR) is 106 cm³/mol. The number of fused-ring (bicyclic) bond motifs is 5. The molecule has 0 bridgehead atoms. The maximum Gasteiger partial charge on any atom is 0.0675 e. The van der Waals surface area contributed by atoms with E-state index in [1.54, 1.807) is 23.1 Å². The lowest BCUT2D eigenvalue weighted by molar-refractivity contribution is 0.0814. The summed E-state index contributed by atoms with van der Waals surface area (Å²) in [7, 11) is 0. The van der Waals surface area contributed by atoms with Crippen LogP contribution in [0.25, 0.3) is 0 Å². The molecule has 24 heavy (non-hydrogen) atoms. The average molecular weight is 343 g/mol. The standard InChI is InChI=1S/C21H30N2S/c1-4-14-6-8-18-16-7-5-13-11-19(22)20(23-24-3)12-17(13)15(16)9-10-21(14,18)2/h4,11-12,15-16,18,23H,5-10,22H2,1-3H3/b14-4-. The van der Waals surface area contributed by atoms with Crippen molar-refractivity contribution in [2.75, 3.05) is 16.7 Å². The fourth-order valence-electron chi connectivity index (χ4n) is 6.16. The molecule has 0 aliphatic heterocycles. The lowest BCUT2D eigenvalue weighted by Gasteiger charge is -2.49. The van der Waals surface area contributed by atoms with E-state index in [-0.39, 0.29) is 0 Å². The molecule has 4 unspecified atom stereocenters. The maximum absolute atomic E-state index is 6.26. The number of aryl methyl sites for hydroxylation is 1. The van der Waals surface area contributed by atoms with Crippen molar-refractivity contribution in [1.82, 2.24) is 0 Å². The van der Waals surface area contributed by atoms with Crippen molar-refractivity contribution in [2.24, 2.45) is 17.3 Å². The summed E-state index contributed by atoms with van der Waals surface area (Å²) in [6.07, 6.45) is 12.5. The van der Waals surface area contributed by atoms with Crippen LogP contribution in [0.4, 0.5) is 11.4 Å². The number of nitrogen functional groups attached to an aromatic ring is 1. The highest BCUT2D eigenvalue weighted by Gasteiger charge is 2.52. The van der Waals surface area contributed by atoms with Gasteiger partial charge in [0.25, 0.3) is 0 Å². The number of hydrogen-bond acceptors (Lipinski definition) is 3. The Morgan fingerprint density at radius 3 is 2.83 bits per heavy atom. The number of anilines is 2. The van der Waals surface area contributed by atoms with Gasteiger partial charge in [-0.1, -0.05) is 30.5 Å². The fraction of sp³-hybridized carbons (Fsp3) is 0.619. The summed E-state index contributed by atoms with van der Waals surface area (Å²) in [6.45, 7) is 4.80. The zero-order valence-electron chi connectivity index (χ0n) is 15.2. The number of hydrogen-bond donors (Lipinski definition) is 2. The highest BCUT2D eigenvalue weighted by Crippen LogP contribution is 2.63. The van der Waals surface area contributed by atoms with Gasteiger partial charge in [0.2, 0.25) is 0 Å². The SMILES string of the molecule is C/C=C1/CCC2C3CCc4cc(N)c(NSC)cc4C3CCC12C. The van der Waals surface area contributed by atoms with E-state index < -0.39 is 0 Å². The van der Waals surface area contributed by atoms with Crippen LogP contribution in [0.2, 0.25) is 0 Å². The van der Waals surface area contributed by atoms with Crippen molar-refractivity contribution >= 4 is 23.3 Å². The first kappa shape index (κ1) is 16.4. The quantitative estimate of drug-likeness (QED) is 0.407. The molecule has 4 atom stereocenters. The third-order valence-electron chi connectivity index (χ3n) is 7.30. The van der Waals surface area contributed by atoms with Crippen molar-refractivity contribution in [3.8, 4) is 0 Å². The summed E-state index contributed by atoms with van der Waals surface area (Å²) < 4.78 is 3.37. The van der Waals surface area contributed by atoms with E-state index >= 15 is 0 Å². The molecule has 2 nitrogen and oxygen atoms in total. The second-order valence-corrected chi connectivity index (χ2v) is 8.78. The minimum atomic E-state index is 0.474. The first-order chi connectivity index (χ1) is 11.6. The Labute approximate surface area is 150 Å². The summed E-state index contributed by atoms with van der Waals surface area (Å²) in [5.41, 5.74) is 13.6. The number of allylic oxidation sites excluding steroid dienone is 2. The normalized spacial score (nSPS) is 36.1. The molecule has 0 heterocycles. The van der Waals surface area contributed by atoms with Gasteiger partial charge in [-0.25, -0.2) is 0 Å². The summed E-state index contributed by atoms with van der Waals surface area (Å²) in [5, 5.41) is 0. The van der Waals surface area contributed by atoms with Crippen LogP contribution < -0.4 is 10.5 Å². The molecule has 2 saturated carbocycles. The predicted octanol–water partition coefficient (Wildman–Crippen LogP) is 5.76. The Hall–Kier alpha value is -1.09. The Balaban J connectivity index is 1.70. The van der Waals surface area contributed by atoms with Crippen LogP contribution in [0.15, 0.2) is 23.8 Å². The lowest BCUT2D eigenvalue weighted by Crippen LogP contribution is -2.40. The molecule has 0 saturated heterocycles. The van der Waals surface area contributed by atoms with Gasteiger partial charge in [0.15, 0.2) is 0 Å². The third kappa shape index (κ3) is 2.31.